The van der Waals surface area contributed by atoms with Crippen LogP contribution in [0.25, 0.3) is 0 Å². The summed E-state index contributed by atoms with van der Waals surface area (Å²) in [4.78, 5) is 14.1. The molecule has 0 bridgehead atoms. The number of likely N-dealkylation sites (tertiary alicyclic amines) is 1. The number of nitrogens with zero attached hydrogens (tertiary/aromatic N) is 3. The number of aryl methyl sites for hydroxylation is 1. The molecule has 1 aromatic heterocycles. The van der Waals surface area contributed by atoms with E-state index in [4.69, 9.17) is 0 Å². The fourth-order valence-electron chi connectivity index (χ4n) is 3.74. The molecule has 1 spiro atoms. The molecule has 2 aliphatic heterocycles. The lowest BCUT2D eigenvalue weighted by atomic mass is 9.74. The van der Waals surface area contributed by atoms with Crippen molar-refractivity contribution in [3.8, 4) is 0 Å². The maximum atomic E-state index is 12.7. The summed E-state index contributed by atoms with van der Waals surface area (Å²) < 4.78 is 62.4. The smallest absolute Gasteiger partial charge is 0.341 e. The number of piperidine rings is 1. The van der Waals surface area contributed by atoms with Gasteiger partial charge in [0.15, 0.2) is 5.69 Å². The zero-order valence-electron chi connectivity index (χ0n) is 14.5. The van der Waals surface area contributed by atoms with E-state index in [1.807, 2.05) is 0 Å². The van der Waals surface area contributed by atoms with Gasteiger partial charge in [-0.25, -0.2) is 8.42 Å². The molecule has 1 aromatic rings. The van der Waals surface area contributed by atoms with Gasteiger partial charge in [-0.3, -0.25) is 9.48 Å². The first-order valence-electron chi connectivity index (χ1n) is 8.60. The Morgan fingerprint density at radius 1 is 1.19 bits per heavy atom. The van der Waals surface area contributed by atoms with Crippen LogP contribution in [-0.2, 0) is 27.4 Å². The zero-order chi connectivity index (χ0) is 19.2. The topological polar surface area (TPSA) is 72.3 Å². The molecule has 6 nitrogen and oxygen atoms in total. The molecule has 2 saturated heterocycles. The third kappa shape index (κ3) is 4.05. The number of rotatable bonds is 2. The molecule has 2 fully saturated rings. The molecule has 0 radical (unpaired) electrons. The SMILES string of the molecule is Cc1cc(C(F)(F)F)nn1CC(=O)N1CCC2(CC1)CCS(=O)(=O)CC2. The molecule has 0 unspecified atom stereocenters. The number of aromatic nitrogens is 2. The van der Waals surface area contributed by atoms with E-state index in [-0.39, 0.29) is 35.1 Å². The predicted molar refractivity (Wildman–Crippen MR) is 88.1 cm³/mol. The molecule has 0 saturated carbocycles. The summed E-state index contributed by atoms with van der Waals surface area (Å²) >= 11 is 0. The lowest BCUT2D eigenvalue weighted by molar-refractivity contribution is -0.142. The maximum absolute atomic E-state index is 12.7. The van der Waals surface area contributed by atoms with Crippen molar-refractivity contribution in [2.45, 2.75) is 45.3 Å². The van der Waals surface area contributed by atoms with Gasteiger partial charge in [-0.05, 0) is 44.1 Å². The fourth-order valence-corrected chi connectivity index (χ4v) is 5.43. The van der Waals surface area contributed by atoms with Crippen molar-refractivity contribution >= 4 is 15.7 Å². The standard InChI is InChI=1S/C16H22F3N3O3S/c1-12-10-13(16(17,18)19)20-22(12)11-14(23)21-6-2-15(3-7-21)4-8-26(24,25)9-5-15/h10H,2-9,11H2,1H3. The van der Waals surface area contributed by atoms with Crippen molar-refractivity contribution in [3.05, 3.63) is 17.5 Å². The van der Waals surface area contributed by atoms with Gasteiger partial charge < -0.3 is 4.90 Å². The highest BCUT2D eigenvalue weighted by Crippen LogP contribution is 2.42. The van der Waals surface area contributed by atoms with Gasteiger partial charge in [0.05, 0.1) is 11.5 Å². The van der Waals surface area contributed by atoms with Crippen LogP contribution in [0, 0.1) is 12.3 Å². The average molecular weight is 393 g/mol. The van der Waals surface area contributed by atoms with E-state index >= 15 is 0 Å². The molecule has 26 heavy (non-hydrogen) atoms. The Labute approximate surface area is 150 Å². The minimum atomic E-state index is -4.53. The number of hydrogen-bond acceptors (Lipinski definition) is 4. The number of carbonyl (C=O) groups excluding carboxylic acids is 1. The van der Waals surface area contributed by atoms with Crippen molar-refractivity contribution in [2.75, 3.05) is 24.6 Å². The van der Waals surface area contributed by atoms with Crippen LogP contribution in [0.15, 0.2) is 6.07 Å². The monoisotopic (exact) mass is 393 g/mol. The van der Waals surface area contributed by atoms with Crippen LogP contribution >= 0.6 is 0 Å². The number of halogens is 3. The minimum absolute atomic E-state index is 0.0207. The largest absolute Gasteiger partial charge is 0.435 e. The molecule has 0 aliphatic carbocycles. The van der Waals surface area contributed by atoms with Gasteiger partial charge in [-0.2, -0.15) is 18.3 Å². The van der Waals surface area contributed by atoms with E-state index in [0.717, 1.165) is 23.6 Å². The second kappa shape index (κ2) is 6.54. The van der Waals surface area contributed by atoms with Crippen LogP contribution in [0.3, 0.4) is 0 Å². The van der Waals surface area contributed by atoms with E-state index < -0.39 is 21.7 Å². The Morgan fingerprint density at radius 3 is 2.27 bits per heavy atom. The lowest BCUT2D eigenvalue weighted by Gasteiger charge is -2.44. The fraction of sp³-hybridized carbons (Fsp3) is 0.750. The van der Waals surface area contributed by atoms with Gasteiger partial charge in [0, 0.05) is 18.8 Å². The van der Waals surface area contributed by atoms with E-state index in [1.165, 1.54) is 6.92 Å². The second-order valence-corrected chi connectivity index (χ2v) is 9.66. The molecule has 10 heteroatoms. The highest BCUT2D eigenvalue weighted by Gasteiger charge is 2.40. The van der Waals surface area contributed by atoms with Crippen molar-refractivity contribution in [1.29, 1.82) is 0 Å². The molecule has 2 aliphatic rings. The van der Waals surface area contributed by atoms with Crippen LogP contribution in [0.5, 0.6) is 0 Å². The molecule has 146 valence electrons. The van der Waals surface area contributed by atoms with Gasteiger partial charge >= 0.3 is 6.18 Å². The van der Waals surface area contributed by atoms with Crippen LogP contribution in [-0.4, -0.2) is 53.6 Å². The second-order valence-electron chi connectivity index (χ2n) is 7.36. The van der Waals surface area contributed by atoms with Crippen LogP contribution < -0.4 is 0 Å². The van der Waals surface area contributed by atoms with E-state index in [0.29, 0.717) is 25.9 Å². The molecular weight excluding hydrogens is 371 g/mol. The highest BCUT2D eigenvalue weighted by atomic mass is 32.2. The Hall–Kier alpha value is -1.58. The Kier molecular flexibility index (Phi) is 4.83. The molecule has 3 rings (SSSR count). The first kappa shape index (κ1) is 19.2. The Balaban J connectivity index is 1.59. The first-order valence-corrected chi connectivity index (χ1v) is 10.4. The lowest BCUT2D eigenvalue weighted by Crippen LogP contribution is -2.47. The molecular formula is C16H22F3N3O3S. The van der Waals surface area contributed by atoms with Gasteiger partial charge in [0.25, 0.3) is 0 Å². The first-order chi connectivity index (χ1) is 12.0. The Bertz CT molecular complexity index is 777. The number of alkyl halides is 3. The molecule has 3 heterocycles. The summed E-state index contributed by atoms with van der Waals surface area (Å²) in [5.41, 5.74) is -0.729. The third-order valence-electron chi connectivity index (χ3n) is 5.62. The summed E-state index contributed by atoms with van der Waals surface area (Å²) in [5.74, 6) is 0.143. The molecule has 0 N–H and O–H groups in total. The van der Waals surface area contributed by atoms with E-state index in [9.17, 15) is 26.4 Å². The summed E-state index contributed by atoms with van der Waals surface area (Å²) in [5, 5.41) is 3.49. The third-order valence-corrected chi connectivity index (χ3v) is 7.27. The number of sulfone groups is 1. The van der Waals surface area contributed by atoms with E-state index in [1.54, 1.807) is 4.90 Å². The molecule has 0 aromatic carbocycles. The summed E-state index contributed by atoms with van der Waals surface area (Å²) in [6.07, 6.45) is -1.80. The predicted octanol–water partition coefficient (Wildman–Crippen LogP) is 2.03. The van der Waals surface area contributed by atoms with Crippen LogP contribution in [0.4, 0.5) is 13.2 Å². The zero-order valence-corrected chi connectivity index (χ0v) is 15.4. The van der Waals surface area contributed by atoms with Crippen LogP contribution in [0.1, 0.15) is 37.1 Å². The molecule has 1 amide bonds. The van der Waals surface area contributed by atoms with Crippen molar-refractivity contribution in [3.63, 3.8) is 0 Å². The van der Waals surface area contributed by atoms with Crippen LogP contribution in [0.2, 0.25) is 0 Å². The summed E-state index contributed by atoms with van der Waals surface area (Å²) in [6.45, 7) is 2.28. The van der Waals surface area contributed by atoms with Gasteiger partial charge in [-0.1, -0.05) is 0 Å². The average Bonchev–Trinajstić information content (AvgIpc) is 2.93. The quantitative estimate of drug-likeness (QED) is 0.771. The Morgan fingerprint density at radius 2 is 1.77 bits per heavy atom. The van der Waals surface area contributed by atoms with Crippen molar-refractivity contribution in [2.24, 2.45) is 5.41 Å². The number of carbonyl (C=O) groups is 1. The van der Waals surface area contributed by atoms with Crippen molar-refractivity contribution in [1.82, 2.24) is 14.7 Å². The number of amides is 1. The van der Waals surface area contributed by atoms with Gasteiger partial charge in [-0.15, -0.1) is 0 Å². The van der Waals surface area contributed by atoms with Gasteiger partial charge in [0.2, 0.25) is 5.91 Å². The normalized spacial score (nSPS) is 22.5. The molecule has 0 atom stereocenters. The number of hydrogen-bond donors (Lipinski definition) is 0. The summed E-state index contributed by atoms with van der Waals surface area (Å²) in [6, 6.07) is 0.931. The van der Waals surface area contributed by atoms with E-state index in [2.05, 4.69) is 5.10 Å². The maximum Gasteiger partial charge on any atom is 0.435 e. The van der Waals surface area contributed by atoms with Gasteiger partial charge in [0.1, 0.15) is 16.4 Å². The van der Waals surface area contributed by atoms with Crippen molar-refractivity contribution < 1.29 is 26.4 Å². The summed E-state index contributed by atoms with van der Waals surface area (Å²) in [7, 11) is -2.93. The highest BCUT2D eigenvalue weighted by molar-refractivity contribution is 7.91. The minimum Gasteiger partial charge on any atom is -0.341 e.